The Morgan fingerprint density at radius 2 is 1.69 bits per heavy atom. The van der Waals surface area contributed by atoms with E-state index in [0.717, 1.165) is 57.7 Å². The van der Waals surface area contributed by atoms with Crippen LogP contribution in [-0.2, 0) is 17.8 Å². The summed E-state index contributed by atoms with van der Waals surface area (Å²) in [5, 5.41) is 14.7. The molecule has 2 fully saturated rings. The Labute approximate surface area is 225 Å². The van der Waals surface area contributed by atoms with E-state index >= 15 is 0 Å². The molecule has 9 nitrogen and oxygen atoms in total. The van der Waals surface area contributed by atoms with Gasteiger partial charge in [0, 0.05) is 31.6 Å². The lowest BCUT2D eigenvalue weighted by atomic mass is 9.71. The largest absolute Gasteiger partial charge is 0.490 e. The summed E-state index contributed by atoms with van der Waals surface area (Å²) < 4.78 is 38.0. The third kappa shape index (κ3) is 6.78. The first-order chi connectivity index (χ1) is 18.3. The molecule has 1 spiro atoms. The van der Waals surface area contributed by atoms with Gasteiger partial charge in [-0.05, 0) is 69.7 Å². The van der Waals surface area contributed by atoms with Crippen molar-refractivity contribution in [1.29, 1.82) is 0 Å². The second-order valence-electron chi connectivity index (χ2n) is 11.1. The molecule has 3 N–H and O–H groups in total. The number of likely N-dealkylation sites (tertiary alicyclic amines) is 2. The molecule has 0 aliphatic carbocycles. The SMILES string of the molecule is CC1(C)Cc2cccc(CN3CCC4(CC3)CCN(C(=O)c3ccnnc3N)CC4)c2O1.O=C(O)C(F)(F)F. The van der Waals surface area contributed by atoms with E-state index in [-0.39, 0.29) is 17.3 Å². The Hall–Kier alpha value is -3.41. The fourth-order valence-electron chi connectivity index (χ4n) is 5.61. The first-order valence-electron chi connectivity index (χ1n) is 13.0. The second-order valence-corrected chi connectivity index (χ2v) is 11.1. The van der Waals surface area contributed by atoms with Gasteiger partial charge in [-0.25, -0.2) is 4.79 Å². The minimum atomic E-state index is -5.08. The highest BCUT2D eigenvalue weighted by Gasteiger charge is 2.40. The number of carboxylic acid groups (broad SMARTS) is 1. The molecule has 0 unspecified atom stereocenters. The van der Waals surface area contributed by atoms with Gasteiger partial charge in [0.25, 0.3) is 5.91 Å². The van der Waals surface area contributed by atoms with Crippen molar-refractivity contribution in [2.24, 2.45) is 5.41 Å². The number of hydrogen-bond donors (Lipinski definition) is 2. The molecule has 1 aromatic heterocycles. The molecule has 1 amide bonds. The maximum atomic E-state index is 12.8. The van der Waals surface area contributed by atoms with E-state index in [9.17, 15) is 18.0 Å². The Morgan fingerprint density at radius 3 is 2.28 bits per heavy atom. The standard InChI is InChI=1S/C25H33N5O2.C2HF3O2/c1-24(2)16-18-4-3-5-19(21(18)32-24)17-29-12-7-25(8-13-29)9-14-30(15-10-25)23(31)20-6-11-27-28-22(20)26;3-2(4,5)1(6)7/h3-6,11H,7-10,12-17H2,1-2H3,(H2,26,28);(H,6,7). The summed E-state index contributed by atoms with van der Waals surface area (Å²) in [5.74, 6) is -1.46. The number of carboxylic acids is 1. The van der Waals surface area contributed by atoms with Crippen LogP contribution in [0.2, 0.25) is 0 Å². The van der Waals surface area contributed by atoms with Crippen molar-refractivity contribution >= 4 is 17.7 Å². The molecular weight excluding hydrogens is 515 g/mol. The van der Waals surface area contributed by atoms with E-state index in [1.165, 1.54) is 30.2 Å². The van der Waals surface area contributed by atoms with Crippen LogP contribution in [0, 0.1) is 5.41 Å². The number of nitrogens with zero attached hydrogens (tertiary/aromatic N) is 4. The lowest BCUT2D eigenvalue weighted by Crippen LogP contribution is -2.48. The number of nitrogen functional groups attached to an aromatic ring is 1. The monoisotopic (exact) mass is 549 g/mol. The van der Waals surface area contributed by atoms with Gasteiger partial charge in [0.05, 0.1) is 11.8 Å². The van der Waals surface area contributed by atoms with Crippen LogP contribution in [0.5, 0.6) is 5.75 Å². The van der Waals surface area contributed by atoms with Crippen LogP contribution in [0.1, 0.15) is 61.0 Å². The Balaban J connectivity index is 0.000000448. The predicted octanol–water partition coefficient (Wildman–Crippen LogP) is 3.92. The minimum Gasteiger partial charge on any atom is -0.487 e. The molecule has 3 aliphatic rings. The third-order valence-electron chi connectivity index (χ3n) is 7.82. The van der Waals surface area contributed by atoms with Crippen LogP contribution in [0.25, 0.3) is 0 Å². The molecule has 39 heavy (non-hydrogen) atoms. The predicted molar refractivity (Wildman–Crippen MR) is 137 cm³/mol. The first kappa shape index (κ1) is 28.6. The molecule has 212 valence electrons. The molecule has 2 saturated heterocycles. The smallest absolute Gasteiger partial charge is 0.487 e. The summed E-state index contributed by atoms with van der Waals surface area (Å²) >= 11 is 0. The Morgan fingerprint density at radius 1 is 1.08 bits per heavy atom. The number of benzene rings is 1. The molecule has 0 bridgehead atoms. The number of halogens is 3. The van der Waals surface area contributed by atoms with E-state index < -0.39 is 12.1 Å². The van der Waals surface area contributed by atoms with E-state index in [1.807, 2.05) is 4.90 Å². The number of carbonyl (C=O) groups excluding carboxylic acids is 1. The second kappa shape index (κ2) is 11.0. The van der Waals surface area contributed by atoms with Crippen molar-refractivity contribution in [3.05, 3.63) is 47.2 Å². The average molecular weight is 550 g/mol. The molecule has 2 aromatic rings. The summed E-state index contributed by atoms with van der Waals surface area (Å²) in [6.07, 6.45) is 1.92. The topological polar surface area (TPSA) is 122 Å². The lowest BCUT2D eigenvalue weighted by molar-refractivity contribution is -0.192. The number of alkyl halides is 3. The summed E-state index contributed by atoms with van der Waals surface area (Å²) in [7, 11) is 0. The van der Waals surface area contributed by atoms with Crippen LogP contribution in [0.3, 0.4) is 0 Å². The van der Waals surface area contributed by atoms with Crippen molar-refractivity contribution in [2.75, 3.05) is 31.9 Å². The van der Waals surface area contributed by atoms with Crippen molar-refractivity contribution in [2.45, 2.75) is 64.3 Å². The van der Waals surface area contributed by atoms with Gasteiger partial charge in [-0.15, -0.1) is 5.10 Å². The Kier molecular flexibility index (Phi) is 8.06. The highest BCUT2D eigenvalue weighted by atomic mass is 19.4. The number of ether oxygens (including phenoxy) is 1. The zero-order valence-corrected chi connectivity index (χ0v) is 22.1. The summed E-state index contributed by atoms with van der Waals surface area (Å²) in [6, 6.07) is 8.25. The molecule has 3 aliphatic heterocycles. The van der Waals surface area contributed by atoms with Gasteiger partial charge in [0.2, 0.25) is 0 Å². The number of carbonyl (C=O) groups is 2. The van der Waals surface area contributed by atoms with E-state index in [0.29, 0.717) is 11.0 Å². The zero-order valence-electron chi connectivity index (χ0n) is 22.1. The number of hydrogen-bond acceptors (Lipinski definition) is 7. The normalized spacial score (nSPS) is 20.0. The summed E-state index contributed by atoms with van der Waals surface area (Å²) in [4.78, 5) is 26.2. The van der Waals surface area contributed by atoms with Crippen molar-refractivity contribution in [3.8, 4) is 5.75 Å². The first-order valence-corrected chi connectivity index (χ1v) is 13.0. The quantitative estimate of drug-likeness (QED) is 0.591. The third-order valence-corrected chi connectivity index (χ3v) is 7.82. The number of para-hydroxylation sites is 1. The molecule has 5 rings (SSSR count). The highest BCUT2D eigenvalue weighted by molar-refractivity contribution is 5.98. The van der Waals surface area contributed by atoms with Gasteiger partial charge in [-0.1, -0.05) is 18.2 Å². The van der Waals surface area contributed by atoms with Crippen molar-refractivity contribution < 1.29 is 32.6 Å². The number of anilines is 1. The summed E-state index contributed by atoms with van der Waals surface area (Å²) in [6.45, 7) is 9.06. The molecule has 4 heterocycles. The van der Waals surface area contributed by atoms with E-state index in [2.05, 4.69) is 47.1 Å². The maximum absolute atomic E-state index is 12.8. The highest BCUT2D eigenvalue weighted by Crippen LogP contribution is 2.43. The van der Waals surface area contributed by atoms with Gasteiger partial charge in [0.15, 0.2) is 5.82 Å². The maximum Gasteiger partial charge on any atom is 0.490 e. The summed E-state index contributed by atoms with van der Waals surface area (Å²) in [5.41, 5.74) is 9.22. The van der Waals surface area contributed by atoms with E-state index in [1.54, 1.807) is 6.07 Å². The number of aromatic nitrogens is 2. The molecular formula is C27H34F3N5O4. The number of amides is 1. The van der Waals surface area contributed by atoms with Crippen LogP contribution in [-0.4, -0.2) is 74.9 Å². The fraction of sp³-hybridized carbons (Fsp3) is 0.556. The van der Waals surface area contributed by atoms with Crippen molar-refractivity contribution in [1.82, 2.24) is 20.0 Å². The lowest BCUT2D eigenvalue weighted by Gasteiger charge is -2.47. The zero-order chi connectivity index (χ0) is 28.4. The van der Waals surface area contributed by atoms with Gasteiger partial charge >= 0.3 is 12.1 Å². The van der Waals surface area contributed by atoms with Crippen molar-refractivity contribution in [3.63, 3.8) is 0 Å². The van der Waals surface area contributed by atoms with Gasteiger partial charge in [-0.2, -0.15) is 18.3 Å². The number of nitrogens with two attached hydrogens (primary N) is 1. The van der Waals surface area contributed by atoms with Crippen LogP contribution >= 0.6 is 0 Å². The number of fused-ring (bicyclic) bond motifs is 1. The number of rotatable bonds is 3. The molecule has 0 atom stereocenters. The van der Waals surface area contributed by atoms with Gasteiger partial charge in [-0.3, -0.25) is 9.69 Å². The number of aliphatic carboxylic acids is 1. The van der Waals surface area contributed by atoms with E-state index in [4.69, 9.17) is 20.4 Å². The minimum absolute atomic E-state index is 0.0226. The molecule has 0 radical (unpaired) electrons. The average Bonchev–Trinajstić information content (AvgIpc) is 3.21. The van der Waals surface area contributed by atoms with Gasteiger partial charge in [0.1, 0.15) is 11.4 Å². The molecule has 1 aromatic carbocycles. The van der Waals surface area contributed by atoms with Crippen LogP contribution in [0.15, 0.2) is 30.5 Å². The fourth-order valence-corrected chi connectivity index (χ4v) is 5.61. The Bertz CT molecular complexity index is 1200. The number of piperidine rings is 2. The van der Waals surface area contributed by atoms with Gasteiger partial charge < -0.3 is 20.5 Å². The molecule has 12 heteroatoms. The van der Waals surface area contributed by atoms with Crippen LogP contribution < -0.4 is 10.5 Å². The van der Waals surface area contributed by atoms with Crippen LogP contribution in [0.4, 0.5) is 19.0 Å². The molecule has 0 saturated carbocycles.